The van der Waals surface area contributed by atoms with Gasteiger partial charge in [0.2, 0.25) is 0 Å². The molecular weight excluding hydrogens is 324 g/mol. The Morgan fingerprint density at radius 1 is 1.38 bits per heavy atom. The van der Waals surface area contributed by atoms with Crippen molar-refractivity contribution in [1.29, 1.82) is 5.26 Å². The molecule has 1 aliphatic carbocycles. The fourth-order valence-electron chi connectivity index (χ4n) is 3.50. The molecule has 1 aliphatic rings. The van der Waals surface area contributed by atoms with Crippen molar-refractivity contribution in [3.63, 3.8) is 0 Å². The minimum Gasteiger partial charge on any atom is -0.478 e. The topological polar surface area (TPSA) is 104 Å². The molecule has 3 rings (SSSR count). The Balaban J connectivity index is 2.14. The standard InChI is InChI=1S/C18H16N2O3S/c19-10-4-8-18(11-5-2-1-3-6-11)9-7-12-13(17(22)23)16(20)24-14(12)15(18)21/h1-3,5-6H,4,7-9,20H2,(H,22,23). The number of fused-ring (bicyclic) bond motifs is 1. The first-order valence-electron chi connectivity index (χ1n) is 7.63. The van der Waals surface area contributed by atoms with Crippen molar-refractivity contribution < 1.29 is 14.7 Å². The van der Waals surface area contributed by atoms with Crippen LogP contribution in [-0.4, -0.2) is 16.9 Å². The number of benzene rings is 1. The van der Waals surface area contributed by atoms with Crippen LogP contribution in [0.25, 0.3) is 0 Å². The van der Waals surface area contributed by atoms with Crippen molar-refractivity contribution >= 4 is 28.1 Å². The molecule has 0 amide bonds. The molecule has 0 fully saturated rings. The first kappa shape index (κ1) is 16.2. The third-order valence-corrected chi connectivity index (χ3v) is 5.74. The quantitative estimate of drug-likeness (QED) is 0.887. The Morgan fingerprint density at radius 2 is 2.08 bits per heavy atom. The van der Waals surface area contributed by atoms with Gasteiger partial charge in [0.05, 0.1) is 21.9 Å². The number of nitrogens with two attached hydrogens (primary N) is 1. The van der Waals surface area contributed by atoms with Crippen LogP contribution >= 0.6 is 11.3 Å². The second-order valence-electron chi connectivity index (χ2n) is 5.89. The first-order valence-corrected chi connectivity index (χ1v) is 8.44. The maximum absolute atomic E-state index is 13.3. The number of nitriles is 1. The van der Waals surface area contributed by atoms with Gasteiger partial charge in [-0.1, -0.05) is 30.3 Å². The number of carbonyl (C=O) groups is 2. The average molecular weight is 340 g/mol. The Kier molecular flexibility index (Phi) is 4.12. The van der Waals surface area contributed by atoms with E-state index in [1.165, 1.54) is 0 Å². The molecule has 0 spiro atoms. The highest BCUT2D eigenvalue weighted by molar-refractivity contribution is 7.18. The maximum atomic E-state index is 13.3. The maximum Gasteiger partial charge on any atom is 0.338 e. The molecular formula is C18H16N2O3S. The number of rotatable bonds is 4. The second-order valence-corrected chi connectivity index (χ2v) is 6.94. The van der Waals surface area contributed by atoms with Crippen LogP contribution in [0.3, 0.4) is 0 Å². The SMILES string of the molecule is N#CCCC1(c2ccccc2)CCc2c(sc(N)c2C(=O)O)C1=O. The van der Waals surface area contributed by atoms with E-state index in [2.05, 4.69) is 6.07 Å². The Hall–Kier alpha value is -2.65. The summed E-state index contributed by atoms with van der Waals surface area (Å²) in [6.07, 6.45) is 1.65. The van der Waals surface area contributed by atoms with Crippen LogP contribution in [0.4, 0.5) is 5.00 Å². The molecule has 0 aliphatic heterocycles. The van der Waals surface area contributed by atoms with Gasteiger partial charge in [-0.2, -0.15) is 5.26 Å². The summed E-state index contributed by atoms with van der Waals surface area (Å²) in [5.74, 6) is -1.21. The minimum atomic E-state index is -1.10. The minimum absolute atomic E-state index is 0.0605. The number of nitrogens with zero attached hydrogens (tertiary/aromatic N) is 1. The van der Waals surface area contributed by atoms with E-state index in [0.29, 0.717) is 29.7 Å². The number of hydrogen-bond acceptors (Lipinski definition) is 5. The number of thiophene rings is 1. The van der Waals surface area contributed by atoms with Crippen molar-refractivity contribution in [2.45, 2.75) is 31.1 Å². The molecule has 1 heterocycles. The number of carboxylic acids is 1. The number of ketones is 1. The van der Waals surface area contributed by atoms with E-state index in [0.717, 1.165) is 16.9 Å². The molecule has 1 atom stereocenters. The van der Waals surface area contributed by atoms with E-state index >= 15 is 0 Å². The molecule has 3 N–H and O–H groups in total. The fourth-order valence-corrected chi connectivity index (χ4v) is 4.64. The number of nitrogen functional groups attached to an aromatic ring is 1. The van der Waals surface area contributed by atoms with Gasteiger partial charge in [0.15, 0.2) is 5.78 Å². The summed E-state index contributed by atoms with van der Waals surface area (Å²) in [5, 5.41) is 18.5. The number of carboxylic acid groups (broad SMARTS) is 1. The lowest BCUT2D eigenvalue weighted by Gasteiger charge is -2.35. The largest absolute Gasteiger partial charge is 0.478 e. The molecule has 1 unspecified atom stereocenters. The smallest absolute Gasteiger partial charge is 0.338 e. The van der Waals surface area contributed by atoms with Crippen LogP contribution in [-0.2, 0) is 11.8 Å². The summed E-state index contributed by atoms with van der Waals surface area (Å²) in [4.78, 5) is 25.2. The predicted octanol–water partition coefficient (Wildman–Crippen LogP) is 3.40. The third-order valence-electron chi connectivity index (χ3n) is 4.68. The van der Waals surface area contributed by atoms with Gasteiger partial charge in [-0.05, 0) is 30.4 Å². The Labute approximate surface area is 143 Å². The van der Waals surface area contributed by atoms with Crippen molar-refractivity contribution in [1.82, 2.24) is 0 Å². The second kappa shape index (κ2) is 6.10. The van der Waals surface area contributed by atoms with Gasteiger partial charge in [0, 0.05) is 6.42 Å². The van der Waals surface area contributed by atoms with Crippen molar-refractivity contribution in [3.05, 3.63) is 51.9 Å². The summed E-state index contributed by atoms with van der Waals surface area (Å²) >= 11 is 1.05. The number of aromatic carboxylic acids is 1. The van der Waals surface area contributed by atoms with Crippen LogP contribution in [0.1, 0.15) is 50.4 Å². The van der Waals surface area contributed by atoms with Gasteiger partial charge in [-0.15, -0.1) is 11.3 Å². The van der Waals surface area contributed by atoms with Crippen LogP contribution < -0.4 is 5.73 Å². The van der Waals surface area contributed by atoms with Gasteiger partial charge >= 0.3 is 5.97 Å². The third kappa shape index (κ3) is 2.38. The van der Waals surface area contributed by atoms with E-state index in [4.69, 9.17) is 11.0 Å². The summed E-state index contributed by atoms with van der Waals surface area (Å²) in [6.45, 7) is 0. The van der Waals surface area contributed by atoms with Crippen molar-refractivity contribution in [3.8, 4) is 6.07 Å². The van der Waals surface area contributed by atoms with Crippen LogP contribution in [0.2, 0.25) is 0 Å². The molecule has 0 radical (unpaired) electrons. The zero-order chi connectivity index (χ0) is 17.3. The number of Topliss-reactive ketones (excluding diaryl/α,β-unsaturated/α-hetero) is 1. The van der Waals surface area contributed by atoms with Crippen LogP contribution in [0.5, 0.6) is 0 Å². The number of hydrogen-bond donors (Lipinski definition) is 2. The van der Waals surface area contributed by atoms with Crippen LogP contribution in [0, 0.1) is 11.3 Å². The van der Waals surface area contributed by atoms with Crippen molar-refractivity contribution in [2.75, 3.05) is 5.73 Å². The lowest BCUT2D eigenvalue weighted by Crippen LogP contribution is -2.39. The summed E-state index contributed by atoms with van der Waals surface area (Å²) in [5.41, 5.74) is 6.54. The molecule has 0 saturated heterocycles. The molecule has 6 heteroatoms. The zero-order valence-electron chi connectivity index (χ0n) is 12.9. The highest BCUT2D eigenvalue weighted by Gasteiger charge is 2.46. The fraction of sp³-hybridized carbons (Fsp3) is 0.278. The first-order chi connectivity index (χ1) is 11.5. The Bertz CT molecular complexity index is 851. The molecule has 1 aromatic heterocycles. The lowest BCUT2D eigenvalue weighted by molar-refractivity contribution is 0.0697. The normalized spacial score (nSPS) is 19.5. The summed E-state index contributed by atoms with van der Waals surface area (Å²) in [6, 6.07) is 11.5. The summed E-state index contributed by atoms with van der Waals surface area (Å²) in [7, 11) is 0. The average Bonchev–Trinajstić information content (AvgIpc) is 2.92. The molecule has 122 valence electrons. The van der Waals surface area contributed by atoms with E-state index in [1.54, 1.807) is 0 Å². The molecule has 0 bridgehead atoms. The zero-order valence-corrected chi connectivity index (χ0v) is 13.7. The molecule has 24 heavy (non-hydrogen) atoms. The number of carbonyl (C=O) groups excluding carboxylic acids is 1. The lowest BCUT2D eigenvalue weighted by atomic mass is 9.66. The van der Waals surface area contributed by atoms with Gasteiger partial charge in [-0.3, -0.25) is 4.79 Å². The van der Waals surface area contributed by atoms with Gasteiger partial charge in [0.25, 0.3) is 0 Å². The van der Waals surface area contributed by atoms with Crippen molar-refractivity contribution in [2.24, 2.45) is 0 Å². The highest BCUT2D eigenvalue weighted by atomic mass is 32.1. The van der Waals surface area contributed by atoms with Crippen LogP contribution in [0.15, 0.2) is 30.3 Å². The van der Waals surface area contributed by atoms with E-state index < -0.39 is 11.4 Å². The van der Waals surface area contributed by atoms with E-state index in [-0.39, 0.29) is 22.8 Å². The van der Waals surface area contributed by atoms with Gasteiger partial charge in [-0.25, -0.2) is 4.79 Å². The molecule has 0 saturated carbocycles. The molecule has 1 aromatic carbocycles. The number of anilines is 1. The predicted molar refractivity (Wildman–Crippen MR) is 91.3 cm³/mol. The van der Waals surface area contributed by atoms with E-state index in [9.17, 15) is 14.7 Å². The van der Waals surface area contributed by atoms with E-state index in [1.807, 2.05) is 30.3 Å². The van der Waals surface area contributed by atoms with Gasteiger partial charge < -0.3 is 10.8 Å². The molecule has 2 aromatic rings. The summed E-state index contributed by atoms with van der Waals surface area (Å²) < 4.78 is 0. The highest BCUT2D eigenvalue weighted by Crippen LogP contribution is 2.46. The van der Waals surface area contributed by atoms with Gasteiger partial charge in [0.1, 0.15) is 5.00 Å². The monoisotopic (exact) mass is 340 g/mol. The Morgan fingerprint density at radius 3 is 2.71 bits per heavy atom. The molecule has 5 nitrogen and oxygen atoms in total.